The van der Waals surface area contributed by atoms with Crippen molar-refractivity contribution in [2.45, 2.75) is 23.0 Å². The maximum Gasteiger partial charge on any atom is 0.276 e. The van der Waals surface area contributed by atoms with Crippen molar-refractivity contribution >= 4 is 23.5 Å². The summed E-state index contributed by atoms with van der Waals surface area (Å²) in [5, 5.41) is 8.73. The Morgan fingerprint density at radius 2 is 2.16 bits per heavy atom. The number of hydrogen-bond donors (Lipinski definition) is 0. The van der Waals surface area contributed by atoms with Gasteiger partial charge in [0.25, 0.3) is 5.56 Å². The second-order valence-electron chi connectivity index (χ2n) is 4.33. The van der Waals surface area contributed by atoms with Crippen LogP contribution in [0.1, 0.15) is 11.7 Å². The molecule has 19 heavy (non-hydrogen) atoms. The Morgan fingerprint density at radius 1 is 1.37 bits per heavy atom. The van der Waals surface area contributed by atoms with Crippen LogP contribution in [0.2, 0.25) is 0 Å². The van der Waals surface area contributed by atoms with Crippen molar-refractivity contribution in [2.75, 3.05) is 11.5 Å². The molecule has 0 saturated heterocycles. The van der Waals surface area contributed by atoms with Crippen LogP contribution in [-0.2, 0) is 0 Å². The number of benzene rings is 1. The maximum absolute atomic E-state index is 12.1. The van der Waals surface area contributed by atoms with Crippen LogP contribution < -0.4 is 5.56 Å². The first kappa shape index (κ1) is 12.7. The first-order chi connectivity index (χ1) is 9.25. The van der Waals surface area contributed by atoms with Crippen LogP contribution in [0.3, 0.4) is 0 Å². The quantitative estimate of drug-likeness (QED) is 0.813. The van der Waals surface area contributed by atoms with Crippen LogP contribution in [0.5, 0.6) is 0 Å². The average Bonchev–Trinajstić information content (AvgIpc) is 2.86. The van der Waals surface area contributed by atoms with E-state index in [1.54, 1.807) is 35.0 Å². The van der Waals surface area contributed by atoms with Gasteiger partial charge in [-0.15, -0.1) is 22.0 Å². The Morgan fingerprint density at radius 3 is 2.95 bits per heavy atom. The molecule has 0 N–H and O–H groups in total. The third-order valence-corrected chi connectivity index (χ3v) is 5.22. The predicted molar refractivity (Wildman–Crippen MR) is 78.0 cm³/mol. The van der Waals surface area contributed by atoms with E-state index in [4.69, 9.17) is 0 Å². The van der Waals surface area contributed by atoms with E-state index in [1.807, 2.05) is 18.2 Å². The normalized spacial score (nSPS) is 17.4. The van der Waals surface area contributed by atoms with Crippen molar-refractivity contribution < 1.29 is 0 Å². The molecule has 2 heterocycles. The summed E-state index contributed by atoms with van der Waals surface area (Å²) in [6.07, 6.45) is 0. The van der Waals surface area contributed by atoms with Gasteiger partial charge in [-0.05, 0) is 19.1 Å². The lowest BCUT2D eigenvalue weighted by molar-refractivity contribution is 0.526. The highest BCUT2D eigenvalue weighted by Crippen LogP contribution is 2.33. The van der Waals surface area contributed by atoms with Crippen molar-refractivity contribution in [1.29, 1.82) is 0 Å². The fourth-order valence-corrected chi connectivity index (χ4v) is 4.20. The highest BCUT2D eigenvalue weighted by atomic mass is 32.2. The summed E-state index contributed by atoms with van der Waals surface area (Å²) in [5.41, 5.74) is 0.467. The Balaban J connectivity index is 1.80. The summed E-state index contributed by atoms with van der Waals surface area (Å²) in [6.45, 7) is 1.72. The van der Waals surface area contributed by atoms with E-state index in [-0.39, 0.29) is 11.6 Å². The number of thioether (sulfide) groups is 2. The summed E-state index contributed by atoms with van der Waals surface area (Å²) in [6, 6.07) is 10.4. The van der Waals surface area contributed by atoms with Gasteiger partial charge in [0.05, 0.1) is 6.04 Å². The lowest BCUT2D eigenvalue weighted by atomic mass is 10.3. The molecule has 3 rings (SSSR count). The van der Waals surface area contributed by atoms with E-state index in [1.165, 1.54) is 4.90 Å². The molecule has 0 spiro atoms. The third-order valence-electron chi connectivity index (χ3n) is 2.98. The molecular weight excluding hydrogens is 278 g/mol. The Labute approximate surface area is 119 Å². The molecule has 0 bridgehead atoms. The van der Waals surface area contributed by atoms with Gasteiger partial charge in [0, 0.05) is 16.4 Å². The molecule has 0 amide bonds. The maximum atomic E-state index is 12.1. The van der Waals surface area contributed by atoms with Crippen LogP contribution in [0.15, 0.2) is 45.2 Å². The molecule has 98 valence electrons. The topological polar surface area (TPSA) is 47.8 Å². The molecule has 1 aliphatic rings. The standard InChI is InChI=1S/C13H13N3OS2/c1-9-12(17)16-10(8-19-13(16)15-14-9)7-18-11-5-3-2-4-6-11/h2-6,10H,7-8H2,1H3. The molecule has 0 fully saturated rings. The van der Waals surface area contributed by atoms with Crippen molar-refractivity contribution in [3.8, 4) is 0 Å². The number of aromatic nitrogens is 3. The largest absolute Gasteiger partial charge is 0.280 e. The van der Waals surface area contributed by atoms with E-state index in [2.05, 4.69) is 22.3 Å². The molecule has 1 unspecified atom stereocenters. The zero-order chi connectivity index (χ0) is 13.2. The minimum Gasteiger partial charge on any atom is -0.280 e. The number of nitrogens with zero attached hydrogens (tertiary/aromatic N) is 3. The van der Waals surface area contributed by atoms with Crippen LogP contribution in [0, 0.1) is 6.92 Å². The Hall–Kier alpha value is -1.27. The van der Waals surface area contributed by atoms with E-state index < -0.39 is 0 Å². The SMILES string of the molecule is Cc1nnc2n(c1=O)C(CSc1ccccc1)CS2. The highest BCUT2D eigenvalue weighted by Gasteiger charge is 2.26. The van der Waals surface area contributed by atoms with Crippen molar-refractivity contribution in [1.82, 2.24) is 14.8 Å². The fourth-order valence-electron chi connectivity index (χ4n) is 1.97. The number of hydrogen-bond acceptors (Lipinski definition) is 5. The molecule has 1 aromatic carbocycles. The lowest BCUT2D eigenvalue weighted by Crippen LogP contribution is -2.28. The predicted octanol–water partition coefficient (Wildman–Crippen LogP) is 2.39. The minimum atomic E-state index is -0.00587. The van der Waals surface area contributed by atoms with Gasteiger partial charge in [0.2, 0.25) is 0 Å². The van der Waals surface area contributed by atoms with Gasteiger partial charge < -0.3 is 0 Å². The van der Waals surface area contributed by atoms with Crippen LogP contribution in [0.25, 0.3) is 0 Å². The zero-order valence-electron chi connectivity index (χ0n) is 10.4. The van der Waals surface area contributed by atoms with E-state index in [9.17, 15) is 4.79 Å². The summed E-state index contributed by atoms with van der Waals surface area (Å²) in [4.78, 5) is 13.3. The molecular formula is C13H13N3OS2. The minimum absolute atomic E-state index is 0.00587. The molecule has 1 atom stereocenters. The van der Waals surface area contributed by atoms with E-state index >= 15 is 0 Å². The summed E-state index contributed by atoms with van der Waals surface area (Å²) in [5.74, 6) is 1.78. The second-order valence-corrected chi connectivity index (χ2v) is 6.41. The molecule has 0 aliphatic carbocycles. The van der Waals surface area contributed by atoms with Gasteiger partial charge in [-0.2, -0.15) is 0 Å². The van der Waals surface area contributed by atoms with Gasteiger partial charge in [0.15, 0.2) is 5.16 Å². The molecule has 1 aromatic heterocycles. The molecule has 6 heteroatoms. The summed E-state index contributed by atoms with van der Waals surface area (Å²) >= 11 is 3.38. The van der Waals surface area contributed by atoms with Gasteiger partial charge in [-0.1, -0.05) is 30.0 Å². The fraction of sp³-hybridized carbons (Fsp3) is 0.308. The lowest BCUT2D eigenvalue weighted by Gasteiger charge is -2.12. The third kappa shape index (κ3) is 2.55. The van der Waals surface area contributed by atoms with Gasteiger partial charge >= 0.3 is 0 Å². The zero-order valence-corrected chi connectivity index (χ0v) is 12.1. The van der Waals surface area contributed by atoms with Crippen molar-refractivity contribution in [2.24, 2.45) is 0 Å². The Kier molecular flexibility index (Phi) is 3.61. The van der Waals surface area contributed by atoms with Crippen molar-refractivity contribution in [3.63, 3.8) is 0 Å². The average molecular weight is 291 g/mol. The first-order valence-electron chi connectivity index (χ1n) is 6.02. The number of fused-ring (bicyclic) bond motifs is 1. The van der Waals surface area contributed by atoms with E-state index in [0.29, 0.717) is 5.69 Å². The molecule has 0 radical (unpaired) electrons. The molecule has 0 saturated carbocycles. The van der Waals surface area contributed by atoms with Gasteiger partial charge in [-0.25, -0.2) is 0 Å². The van der Waals surface area contributed by atoms with Crippen LogP contribution >= 0.6 is 23.5 Å². The smallest absolute Gasteiger partial charge is 0.276 e. The number of aryl methyl sites for hydroxylation is 1. The van der Waals surface area contributed by atoms with E-state index in [0.717, 1.165) is 16.7 Å². The number of rotatable bonds is 3. The summed E-state index contributed by atoms with van der Waals surface area (Å²) < 4.78 is 1.79. The molecule has 2 aromatic rings. The summed E-state index contributed by atoms with van der Waals surface area (Å²) in [7, 11) is 0. The second kappa shape index (κ2) is 5.38. The van der Waals surface area contributed by atoms with Gasteiger partial charge in [-0.3, -0.25) is 9.36 Å². The molecule has 4 nitrogen and oxygen atoms in total. The van der Waals surface area contributed by atoms with Crippen molar-refractivity contribution in [3.05, 3.63) is 46.4 Å². The highest BCUT2D eigenvalue weighted by molar-refractivity contribution is 8.00. The molecule has 1 aliphatic heterocycles. The van der Waals surface area contributed by atoms with Crippen LogP contribution in [-0.4, -0.2) is 26.3 Å². The first-order valence-corrected chi connectivity index (χ1v) is 7.99. The van der Waals surface area contributed by atoms with Crippen LogP contribution in [0.4, 0.5) is 0 Å². The van der Waals surface area contributed by atoms with Gasteiger partial charge in [0.1, 0.15) is 5.69 Å². The Bertz CT molecular complexity index is 642. The monoisotopic (exact) mass is 291 g/mol.